The minimum Gasteiger partial charge on any atom is -0.329 e. The number of aryl methyl sites for hydroxylation is 1. The fraction of sp³-hybridized carbons (Fsp3) is 0.600. The first kappa shape index (κ1) is 14.2. The molecule has 96 valence electrons. The number of hydrogen-bond acceptors (Lipinski definition) is 2. The topological polar surface area (TPSA) is 38.0 Å². The zero-order valence-electron chi connectivity index (χ0n) is 11.8. The summed E-state index contributed by atoms with van der Waals surface area (Å²) >= 11 is 0. The lowest BCUT2D eigenvalue weighted by Crippen LogP contribution is -2.39. The third kappa shape index (κ3) is 3.55. The van der Waals surface area contributed by atoms with Crippen molar-refractivity contribution in [2.45, 2.75) is 47.2 Å². The Kier molecular flexibility index (Phi) is 5.16. The summed E-state index contributed by atoms with van der Waals surface area (Å²) in [6, 6.07) is 4.82. The van der Waals surface area contributed by atoms with Crippen LogP contribution >= 0.6 is 0 Å². The largest absolute Gasteiger partial charge is 0.329 e. The lowest BCUT2D eigenvalue weighted by molar-refractivity contribution is 0.404. The van der Waals surface area contributed by atoms with Crippen molar-refractivity contribution in [3.8, 4) is 0 Å². The zero-order valence-corrected chi connectivity index (χ0v) is 11.8. The summed E-state index contributed by atoms with van der Waals surface area (Å²) < 4.78 is 0. The summed E-state index contributed by atoms with van der Waals surface area (Å²) in [7, 11) is 0. The van der Waals surface area contributed by atoms with Gasteiger partial charge in [0.15, 0.2) is 0 Å². The molecule has 0 aliphatic carbocycles. The lowest BCUT2D eigenvalue weighted by atomic mass is 9.98. The van der Waals surface area contributed by atoms with Crippen LogP contribution in [0.4, 0.5) is 0 Å². The van der Waals surface area contributed by atoms with Crippen LogP contribution < -0.4 is 11.1 Å². The SMILES string of the molecule is Cc1ccc(CNC(CN)C(C)C)c(C)c1C. The van der Waals surface area contributed by atoms with Gasteiger partial charge in [0, 0.05) is 19.1 Å². The molecule has 1 atom stereocenters. The standard InChI is InChI=1S/C15H26N2/c1-10(2)15(8-16)17-9-14-7-6-11(3)12(4)13(14)5/h6-7,10,15,17H,8-9,16H2,1-5H3. The highest BCUT2D eigenvalue weighted by molar-refractivity contribution is 5.38. The van der Waals surface area contributed by atoms with E-state index in [-0.39, 0.29) is 0 Å². The number of hydrogen-bond donors (Lipinski definition) is 2. The molecular weight excluding hydrogens is 208 g/mol. The maximum Gasteiger partial charge on any atom is 0.0216 e. The molecule has 0 spiro atoms. The Morgan fingerprint density at radius 3 is 2.29 bits per heavy atom. The first-order chi connectivity index (χ1) is 7.97. The predicted molar refractivity (Wildman–Crippen MR) is 75.2 cm³/mol. The number of nitrogens with one attached hydrogen (secondary N) is 1. The minimum absolute atomic E-state index is 0.399. The van der Waals surface area contributed by atoms with Crippen molar-refractivity contribution in [3.05, 3.63) is 34.4 Å². The molecule has 17 heavy (non-hydrogen) atoms. The van der Waals surface area contributed by atoms with Gasteiger partial charge in [-0.2, -0.15) is 0 Å². The molecule has 2 heteroatoms. The van der Waals surface area contributed by atoms with Gasteiger partial charge < -0.3 is 11.1 Å². The Morgan fingerprint density at radius 1 is 1.12 bits per heavy atom. The first-order valence-electron chi connectivity index (χ1n) is 6.46. The van der Waals surface area contributed by atoms with Gasteiger partial charge in [-0.05, 0) is 48.9 Å². The molecule has 0 heterocycles. The summed E-state index contributed by atoms with van der Waals surface area (Å²) in [4.78, 5) is 0. The lowest BCUT2D eigenvalue weighted by Gasteiger charge is -2.21. The van der Waals surface area contributed by atoms with Crippen LogP contribution in [-0.4, -0.2) is 12.6 Å². The van der Waals surface area contributed by atoms with Gasteiger partial charge in [0.1, 0.15) is 0 Å². The van der Waals surface area contributed by atoms with Gasteiger partial charge in [0.05, 0.1) is 0 Å². The van der Waals surface area contributed by atoms with Gasteiger partial charge >= 0.3 is 0 Å². The van der Waals surface area contributed by atoms with Gasteiger partial charge in [0.2, 0.25) is 0 Å². The van der Waals surface area contributed by atoms with Gasteiger partial charge in [-0.1, -0.05) is 26.0 Å². The van der Waals surface area contributed by atoms with Crippen molar-refractivity contribution in [2.24, 2.45) is 11.7 Å². The third-order valence-electron chi connectivity index (χ3n) is 3.78. The van der Waals surface area contributed by atoms with Crippen LogP contribution in [0.3, 0.4) is 0 Å². The molecule has 0 aliphatic heterocycles. The maximum atomic E-state index is 5.77. The average Bonchev–Trinajstić information content (AvgIpc) is 2.29. The zero-order chi connectivity index (χ0) is 13.0. The summed E-state index contributed by atoms with van der Waals surface area (Å²) in [6.07, 6.45) is 0. The van der Waals surface area contributed by atoms with E-state index in [4.69, 9.17) is 5.73 Å². The highest BCUT2D eigenvalue weighted by atomic mass is 14.9. The van der Waals surface area contributed by atoms with Crippen LogP contribution in [0.2, 0.25) is 0 Å². The van der Waals surface area contributed by atoms with Gasteiger partial charge in [-0.25, -0.2) is 0 Å². The number of benzene rings is 1. The van der Waals surface area contributed by atoms with Gasteiger partial charge in [-0.3, -0.25) is 0 Å². The van der Waals surface area contributed by atoms with Crippen molar-refractivity contribution >= 4 is 0 Å². The highest BCUT2D eigenvalue weighted by Gasteiger charge is 2.11. The smallest absolute Gasteiger partial charge is 0.0216 e. The Hall–Kier alpha value is -0.860. The van der Waals surface area contributed by atoms with Gasteiger partial charge in [-0.15, -0.1) is 0 Å². The van der Waals surface area contributed by atoms with Gasteiger partial charge in [0.25, 0.3) is 0 Å². The monoisotopic (exact) mass is 234 g/mol. The van der Waals surface area contributed by atoms with E-state index in [9.17, 15) is 0 Å². The van der Waals surface area contributed by atoms with Crippen LogP contribution in [0.25, 0.3) is 0 Å². The molecule has 1 aromatic carbocycles. The minimum atomic E-state index is 0.399. The Labute approximate surface area is 106 Å². The second-order valence-electron chi connectivity index (χ2n) is 5.26. The Morgan fingerprint density at radius 2 is 1.76 bits per heavy atom. The molecule has 0 saturated heterocycles. The first-order valence-corrected chi connectivity index (χ1v) is 6.46. The van der Waals surface area contributed by atoms with E-state index in [1.165, 1.54) is 22.3 Å². The molecular formula is C15H26N2. The summed E-state index contributed by atoms with van der Waals surface area (Å²) in [5.41, 5.74) is 11.3. The van der Waals surface area contributed by atoms with Crippen molar-refractivity contribution in [2.75, 3.05) is 6.54 Å². The van der Waals surface area contributed by atoms with E-state index in [1.807, 2.05) is 0 Å². The molecule has 1 aromatic rings. The molecule has 0 radical (unpaired) electrons. The van der Waals surface area contributed by atoms with Crippen LogP contribution in [0.15, 0.2) is 12.1 Å². The second-order valence-corrected chi connectivity index (χ2v) is 5.26. The van der Waals surface area contributed by atoms with Crippen molar-refractivity contribution in [1.29, 1.82) is 0 Å². The maximum absolute atomic E-state index is 5.77. The molecule has 1 rings (SSSR count). The predicted octanol–water partition coefficient (Wildman–Crippen LogP) is 2.68. The number of nitrogens with two attached hydrogens (primary N) is 1. The summed E-state index contributed by atoms with van der Waals surface area (Å²) in [6.45, 7) is 12.6. The fourth-order valence-electron chi connectivity index (χ4n) is 2.04. The number of rotatable bonds is 5. The highest BCUT2D eigenvalue weighted by Crippen LogP contribution is 2.17. The van der Waals surface area contributed by atoms with E-state index < -0.39 is 0 Å². The molecule has 0 fully saturated rings. The van der Waals surface area contributed by atoms with Crippen molar-refractivity contribution in [3.63, 3.8) is 0 Å². The molecule has 0 aromatic heterocycles. The van der Waals surface area contributed by atoms with Crippen molar-refractivity contribution in [1.82, 2.24) is 5.32 Å². The molecule has 3 N–H and O–H groups in total. The van der Waals surface area contributed by atoms with E-state index >= 15 is 0 Å². The molecule has 0 saturated carbocycles. The molecule has 2 nitrogen and oxygen atoms in total. The second kappa shape index (κ2) is 6.18. The normalized spacial score (nSPS) is 13.1. The van der Waals surface area contributed by atoms with Crippen LogP contribution in [0, 0.1) is 26.7 Å². The van der Waals surface area contributed by atoms with Crippen LogP contribution in [-0.2, 0) is 6.54 Å². The van der Waals surface area contributed by atoms with E-state index in [0.717, 1.165) is 6.54 Å². The Balaban J connectivity index is 2.73. The van der Waals surface area contributed by atoms with Crippen molar-refractivity contribution < 1.29 is 0 Å². The van der Waals surface area contributed by atoms with Crippen LogP contribution in [0.5, 0.6) is 0 Å². The van der Waals surface area contributed by atoms with E-state index in [1.54, 1.807) is 0 Å². The summed E-state index contributed by atoms with van der Waals surface area (Å²) in [5, 5.41) is 3.55. The quantitative estimate of drug-likeness (QED) is 0.822. The molecule has 0 aliphatic rings. The molecule has 0 amide bonds. The van der Waals surface area contributed by atoms with E-state index in [2.05, 4.69) is 52.1 Å². The average molecular weight is 234 g/mol. The summed E-state index contributed by atoms with van der Waals surface area (Å²) in [5.74, 6) is 0.576. The molecule has 0 bridgehead atoms. The van der Waals surface area contributed by atoms with E-state index in [0.29, 0.717) is 18.5 Å². The molecule has 1 unspecified atom stereocenters. The third-order valence-corrected chi connectivity index (χ3v) is 3.78. The fourth-order valence-corrected chi connectivity index (χ4v) is 2.04. The Bertz CT molecular complexity index is 369. The van der Waals surface area contributed by atoms with Crippen LogP contribution in [0.1, 0.15) is 36.1 Å².